The number of carbonyl (C=O) groups is 3. The average Bonchev–Trinajstić information content (AvgIpc) is 2.84. The number of aromatic nitrogens is 1. The van der Waals surface area contributed by atoms with Crippen molar-refractivity contribution in [3.63, 3.8) is 0 Å². The molecule has 2 aromatic rings. The minimum absolute atomic E-state index is 0.0910. The van der Waals surface area contributed by atoms with Gasteiger partial charge in [-0.3, -0.25) is 14.4 Å². The molecule has 1 unspecified atom stereocenters. The molecule has 4 atom stereocenters. The highest BCUT2D eigenvalue weighted by Crippen LogP contribution is 2.38. The number of Topliss-reactive ketones (excluding diaryl/α,β-unsaturated/α-hetero) is 1. The summed E-state index contributed by atoms with van der Waals surface area (Å²) in [5.74, 6) is -2.62. The fourth-order valence-electron chi connectivity index (χ4n) is 4.10. The number of rotatable bonds is 12. The molecule has 36 heavy (non-hydrogen) atoms. The summed E-state index contributed by atoms with van der Waals surface area (Å²) in [5, 5.41) is 0. The van der Waals surface area contributed by atoms with E-state index >= 15 is 0 Å². The fourth-order valence-corrected chi connectivity index (χ4v) is 4.10. The monoisotopic (exact) mass is 503 g/mol. The molecule has 0 amide bonds. The van der Waals surface area contributed by atoms with Gasteiger partial charge in [-0.15, -0.1) is 0 Å². The summed E-state index contributed by atoms with van der Waals surface area (Å²) in [4.78, 5) is 41.5. The number of pyridine rings is 1. The molecule has 1 heterocycles. The molecule has 196 valence electrons. The number of halogens is 1. The molecule has 0 spiro atoms. The predicted molar refractivity (Wildman–Crippen MR) is 131 cm³/mol. The van der Waals surface area contributed by atoms with Gasteiger partial charge >= 0.3 is 11.9 Å². The first-order valence-corrected chi connectivity index (χ1v) is 11.8. The number of ether oxygens (including phenoxy) is 4. The van der Waals surface area contributed by atoms with Gasteiger partial charge in [-0.05, 0) is 18.9 Å². The lowest BCUT2D eigenvalue weighted by atomic mass is 9.81. The number of carbonyl (C=O) groups excluding carboxylic acids is 3. The number of ketones is 1. The summed E-state index contributed by atoms with van der Waals surface area (Å²) in [5.41, 5.74) is 0.634. The molecule has 0 aliphatic rings. The lowest BCUT2D eigenvalue weighted by Gasteiger charge is -2.31. The summed E-state index contributed by atoms with van der Waals surface area (Å²) in [6.45, 7) is 8.59. The maximum atomic E-state index is 13.8. The van der Waals surface area contributed by atoms with Crippen LogP contribution < -0.4 is 14.2 Å². The van der Waals surface area contributed by atoms with Crippen LogP contribution in [0.4, 0.5) is 4.39 Å². The third-order valence-electron chi connectivity index (χ3n) is 6.11. The largest absolute Gasteiger partial charge is 0.496 e. The van der Waals surface area contributed by atoms with Crippen molar-refractivity contribution < 1.29 is 37.7 Å². The summed E-state index contributed by atoms with van der Waals surface area (Å²) in [6, 6.07) is 5.77. The van der Waals surface area contributed by atoms with E-state index in [2.05, 4.69) is 4.98 Å². The van der Waals surface area contributed by atoms with Gasteiger partial charge in [-0.1, -0.05) is 33.3 Å². The second kappa shape index (κ2) is 13.0. The van der Waals surface area contributed by atoms with E-state index in [1.54, 1.807) is 19.9 Å². The molecule has 0 N–H and O–H groups in total. The standard InChI is InChI=1S/C27H34FNO7/c1-8-15(2)24(20-10-9-19(28)14-23(20)34-7)17(4)35-27(32)16(3)13-21(31)25-26(36-18(5)30)22(33-6)11-12-29-25/h9-12,14-17,24H,8,13H2,1-7H3/t15?,16-,17+,24-/m1/s1. The number of methoxy groups -OCH3 is 2. The Hall–Kier alpha value is -3.49. The molecule has 8 nitrogen and oxygen atoms in total. The Balaban J connectivity index is 2.21. The van der Waals surface area contributed by atoms with Crippen molar-refractivity contribution in [2.75, 3.05) is 14.2 Å². The second-order valence-corrected chi connectivity index (χ2v) is 8.75. The van der Waals surface area contributed by atoms with E-state index in [1.165, 1.54) is 45.5 Å². The summed E-state index contributed by atoms with van der Waals surface area (Å²) in [7, 11) is 2.84. The highest BCUT2D eigenvalue weighted by atomic mass is 19.1. The van der Waals surface area contributed by atoms with E-state index in [4.69, 9.17) is 18.9 Å². The molecule has 0 bridgehead atoms. The molecule has 1 aromatic heterocycles. The van der Waals surface area contributed by atoms with Gasteiger partial charge in [0.1, 0.15) is 17.7 Å². The normalized spacial score (nSPS) is 14.2. The number of nitrogens with zero attached hydrogens (tertiary/aromatic N) is 1. The van der Waals surface area contributed by atoms with Crippen LogP contribution in [0.25, 0.3) is 0 Å². The SMILES string of the molecule is CCC(C)[C@@H](c1ccc(F)cc1OC)[C@H](C)OC(=O)[C@H](C)CC(=O)c1nccc(OC)c1OC(C)=O. The smallest absolute Gasteiger partial charge is 0.309 e. The van der Waals surface area contributed by atoms with Crippen LogP contribution >= 0.6 is 0 Å². The maximum absolute atomic E-state index is 13.8. The Morgan fingerprint density at radius 1 is 1.03 bits per heavy atom. The number of benzene rings is 1. The zero-order valence-corrected chi connectivity index (χ0v) is 21.8. The molecule has 0 radical (unpaired) electrons. The zero-order valence-electron chi connectivity index (χ0n) is 21.8. The summed E-state index contributed by atoms with van der Waals surface area (Å²) >= 11 is 0. The van der Waals surface area contributed by atoms with E-state index in [0.717, 1.165) is 12.0 Å². The van der Waals surface area contributed by atoms with Gasteiger partial charge in [0.05, 0.1) is 20.1 Å². The Morgan fingerprint density at radius 3 is 2.28 bits per heavy atom. The van der Waals surface area contributed by atoms with E-state index < -0.39 is 35.6 Å². The van der Waals surface area contributed by atoms with Gasteiger partial charge in [-0.25, -0.2) is 9.37 Å². The molecule has 0 saturated carbocycles. The van der Waals surface area contributed by atoms with E-state index in [9.17, 15) is 18.8 Å². The van der Waals surface area contributed by atoms with Crippen molar-refractivity contribution in [2.45, 2.75) is 59.5 Å². The molecule has 2 rings (SSSR count). The van der Waals surface area contributed by atoms with E-state index in [-0.39, 0.29) is 35.4 Å². The third kappa shape index (κ3) is 7.02. The quantitative estimate of drug-likeness (QED) is 0.290. The predicted octanol–water partition coefficient (Wildman–Crippen LogP) is 5.13. The number of hydrogen-bond donors (Lipinski definition) is 0. The zero-order chi connectivity index (χ0) is 27.0. The number of hydrogen-bond acceptors (Lipinski definition) is 8. The average molecular weight is 504 g/mol. The van der Waals surface area contributed by atoms with Crippen LogP contribution in [0.15, 0.2) is 30.5 Å². The van der Waals surface area contributed by atoms with Crippen LogP contribution in [0.1, 0.15) is 69.4 Å². The Morgan fingerprint density at radius 2 is 1.69 bits per heavy atom. The minimum Gasteiger partial charge on any atom is -0.496 e. The Kier molecular flexibility index (Phi) is 10.4. The molecular formula is C27H34FNO7. The van der Waals surface area contributed by atoms with Gasteiger partial charge in [0, 0.05) is 43.2 Å². The third-order valence-corrected chi connectivity index (χ3v) is 6.11. The van der Waals surface area contributed by atoms with Gasteiger partial charge in [0.15, 0.2) is 17.2 Å². The van der Waals surface area contributed by atoms with Crippen LogP contribution in [0.5, 0.6) is 17.2 Å². The molecule has 0 aliphatic heterocycles. The fraction of sp³-hybridized carbons (Fsp3) is 0.481. The van der Waals surface area contributed by atoms with Gasteiger partial charge in [0.2, 0.25) is 5.75 Å². The summed E-state index contributed by atoms with van der Waals surface area (Å²) < 4.78 is 35.3. The van der Waals surface area contributed by atoms with Crippen molar-refractivity contribution >= 4 is 17.7 Å². The lowest BCUT2D eigenvalue weighted by Crippen LogP contribution is -2.30. The summed E-state index contributed by atoms with van der Waals surface area (Å²) in [6.07, 6.45) is 1.36. The molecule has 9 heteroatoms. The molecular weight excluding hydrogens is 469 g/mol. The van der Waals surface area contributed by atoms with Crippen LogP contribution in [0, 0.1) is 17.7 Å². The number of esters is 2. The van der Waals surface area contributed by atoms with Crippen molar-refractivity contribution in [1.82, 2.24) is 4.98 Å². The topological polar surface area (TPSA) is 101 Å². The van der Waals surface area contributed by atoms with Crippen molar-refractivity contribution in [3.05, 3.63) is 47.5 Å². The van der Waals surface area contributed by atoms with Gasteiger partial charge in [-0.2, -0.15) is 0 Å². The molecule has 1 aromatic carbocycles. The van der Waals surface area contributed by atoms with Gasteiger partial charge < -0.3 is 18.9 Å². The van der Waals surface area contributed by atoms with Crippen molar-refractivity contribution in [3.8, 4) is 17.2 Å². The van der Waals surface area contributed by atoms with Crippen LogP contribution in [0.2, 0.25) is 0 Å². The lowest BCUT2D eigenvalue weighted by molar-refractivity contribution is -0.154. The van der Waals surface area contributed by atoms with Gasteiger partial charge in [0.25, 0.3) is 0 Å². The first-order valence-electron chi connectivity index (χ1n) is 11.8. The highest BCUT2D eigenvalue weighted by Gasteiger charge is 2.32. The van der Waals surface area contributed by atoms with Crippen LogP contribution in [-0.2, 0) is 14.3 Å². The van der Waals surface area contributed by atoms with Crippen LogP contribution in [0.3, 0.4) is 0 Å². The second-order valence-electron chi connectivity index (χ2n) is 8.75. The molecule has 0 saturated heterocycles. The van der Waals surface area contributed by atoms with Crippen molar-refractivity contribution in [2.24, 2.45) is 11.8 Å². The molecule has 0 aliphatic carbocycles. The van der Waals surface area contributed by atoms with Crippen LogP contribution in [-0.4, -0.2) is 43.0 Å². The highest BCUT2D eigenvalue weighted by molar-refractivity contribution is 5.99. The maximum Gasteiger partial charge on any atom is 0.309 e. The molecule has 0 fully saturated rings. The Labute approximate surface area is 211 Å². The first-order chi connectivity index (χ1) is 17.0. The van der Waals surface area contributed by atoms with E-state index in [1.807, 2.05) is 13.8 Å². The van der Waals surface area contributed by atoms with Crippen molar-refractivity contribution in [1.29, 1.82) is 0 Å². The Bertz CT molecular complexity index is 1090. The van der Waals surface area contributed by atoms with E-state index in [0.29, 0.717) is 5.75 Å². The first kappa shape index (κ1) is 28.7. The minimum atomic E-state index is -0.800.